The molecule has 0 aliphatic rings. The van der Waals surface area contributed by atoms with Crippen LogP contribution in [-0.4, -0.2) is 31.3 Å². The van der Waals surface area contributed by atoms with Crippen LogP contribution in [0, 0.1) is 0 Å². The maximum Gasteiger partial charge on any atom is 0.262 e. The van der Waals surface area contributed by atoms with E-state index in [0.29, 0.717) is 22.7 Å². The van der Waals surface area contributed by atoms with Gasteiger partial charge in [-0.15, -0.1) is 0 Å². The van der Waals surface area contributed by atoms with E-state index in [-0.39, 0.29) is 46.3 Å². The minimum Gasteiger partial charge on any atom is -0.497 e. The van der Waals surface area contributed by atoms with Gasteiger partial charge in [0.15, 0.2) is 12.4 Å². The number of carbonyl (C=O) groups excluding carboxylic acids is 3. The monoisotopic (exact) mass is 592 g/mol. The molecule has 3 rings (SSSR count). The van der Waals surface area contributed by atoms with E-state index in [4.69, 9.17) is 21.1 Å². The number of methoxy groups -OCH3 is 1. The Labute approximate surface area is 253 Å². The van der Waals surface area contributed by atoms with E-state index in [9.17, 15) is 14.4 Å². The number of hydrogen-bond donors (Lipinski definition) is 2. The van der Waals surface area contributed by atoms with Crippen LogP contribution in [0.25, 0.3) is 0 Å². The van der Waals surface area contributed by atoms with Crippen molar-refractivity contribution in [2.45, 2.75) is 71.6 Å². The van der Waals surface area contributed by atoms with Crippen molar-refractivity contribution in [3.8, 4) is 11.5 Å². The van der Waals surface area contributed by atoms with Gasteiger partial charge in [0.2, 0.25) is 5.91 Å². The molecule has 42 heavy (non-hydrogen) atoms. The summed E-state index contributed by atoms with van der Waals surface area (Å²) >= 11 is 6.28. The van der Waals surface area contributed by atoms with Gasteiger partial charge in [-0.2, -0.15) is 0 Å². The molecule has 3 aromatic carbocycles. The summed E-state index contributed by atoms with van der Waals surface area (Å²) in [5, 5.41) is 5.73. The molecule has 224 valence electrons. The molecule has 7 nitrogen and oxygen atoms in total. The van der Waals surface area contributed by atoms with E-state index in [1.807, 2.05) is 6.07 Å². The zero-order chi connectivity index (χ0) is 31.1. The maximum absolute atomic E-state index is 12.8. The van der Waals surface area contributed by atoms with Crippen molar-refractivity contribution < 1.29 is 23.9 Å². The van der Waals surface area contributed by atoms with Gasteiger partial charge in [-0.1, -0.05) is 65.3 Å². The van der Waals surface area contributed by atoms with Crippen LogP contribution in [0.2, 0.25) is 5.02 Å². The topological polar surface area (TPSA) is 93.7 Å². The largest absolute Gasteiger partial charge is 0.497 e. The molecule has 3 aromatic rings. The molecular weight excluding hydrogens is 552 g/mol. The number of amides is 2. The average Bonchev–Trinajstić information content (AvgIpc) is 2.97. The van der Waals surface area contributed by atoms with Crippen molar-refractivity contribution in [3.63, 3.8) is 0 Å². The average molecular weight is 593 g/mol. The number of rotatable bonds is 13. The highest BCUT2D eigenvalue weighted by Gasteiger charge is 2.27. The number of ketones is 1. The molecular formula is C34H41ClN2O5. The Morgan fingerprint density at radius 1 is 0.810 bits per heavy atom. The standard InChI is InChI=1S/C34H41ClN2O5/c1-8-33(3,4)23-12-17-30(26(18-23)34(5,6)9-2)42-21-32(40)36-24-13-16-27(35)28(19-24)37-31(39)20-29(38)22-10-14-25(41-7)15-11-22/h10-19H,8-9,20-21H2,1-7H3,(H,36,40)(H,37,39). The first-order chi connectivity index (χ1) is 19.8. The van der Waals surface area contributed by atoms with Gasteiger partial charge in [0.05, 0.1) is 24.2 Å². The molecule has 0 saturated carbocycles. The van der Waals surface area contributed by atoms with Crippen LogP contribution in [0.15, 0.2) is 60.7 Å². The second-order valence-electron chi connectivity index (χ2n) is 11.6. The SMILES string of the molecule is CCC(C)(C)c1ccc(OCC(=O)Nc2ccc(Cl)c(NC(=O)CC(=O)c3ccc(OC)cc3)c2)c(C(C)(C)CC)c1. The smallest absolute Gasteiger partial charge is 0.262 e. The molecule has 0 aromatic heterocycles. The fraction of sp³-hybridized carbons (Fsp3) is 0.382. The molecule has 0 radical (unpaired) electrons. The highest BCUT2D eigenvalue weighted by molar-refractivity contribution is 6.34. The van der Waals surface area contributed by atoms with Crippen LogP contribution in [0.3, 0.4) is 0 Å². The Balaban J connectivity index is 1.66. The summed E-state index contributed by atoms with van der Waals surface area (Å²) in [6, 6.07) is 17.5. The summed E-state index contributed by atoms with van der Waals surface area (Å²) in [6.07, 6.45) is 1.55. The molecule has 0 saturated heterocycles. The summed E-state index contributed by atoms with van der Waals surface area (Å²) in [5.74, 6) is 0.0713. The van der Waals surface area contributed by atoms with Crippen LogP contribution in [-0.2, 0) is 20.4 Å². The third-order valence-electron chi connectivity index (χ3n) is 7.87. The quantitative estimate of drug-likeness (QED) is 0.155. The first kappa shape index (κ1) is 32.7. The van der Waals surface area contributed by atoms with Crippen molar-refractivity contribution in [1.29, 1.82) is 0 Å². The minimum absolute atomic E-state index is 0.0269. The van der Waals surface area contributed by atoms with Crippen molar-refractivity contribution >= 4 is 40.6 Å². The second kappa shape index (κ2) is 13.9. The third kappa shape index (κ3) is 8.35. The first-order valence-electron chi connectivity index (χ1n) is 14.1. The maximum atomic E-state index is 12.8. The summed E-state index contributed by atoms with van der Waals surface area (Å²) in [4.78, 5) is 37.9. The number of nitrogens with one attached hydrogen (secondary N) is 2. The van der Waals surface area contributed by atoms with Gasteiger partial charge in [0, 0.05) is 16.8 Å². The van der Waals surface area contributed by atoms with Crippen LogP contribution in [0.1, 0.15) is 82.3 Å². The third-order valence-corrected chi connectivity index (χ3v) is 8.20. The van der Waals surface area contributed by atoms with Gasteiger partial charge in [-0.25, -0.2) is 0 Å². The predicted molar refractivity (Wildman–Crippen MR) is 169 cm³/mol. The molecule has 2 amide bonds. The molecule has 0 fully saturated rings. The highest BCUT2D eigenvalue weighted by Crippen LogP contribution is 2.38. The highest BCUT2D eigenvalue weighted by atomic mass is 35.5. The van der Waals surface area contributed by atoms with Gasteiger partial charge >= 0.3 is 0 Å². The van der Waals surface area contributed by atoms with E-state index < -0.39 is 5.91 Å². The van der Waals surface area contributed by atoms with Crippen LogP contribution in [0.5, 0.6) is 11.5 Å². The molecule has 0 spiro atoms. The zero-order valence-corrected chi connectivity index (χ0v) is 26.3. The van der Waals surface area contributed by atoms with Crippen LogP contribution in [0.4, 0.5) is 11.4 Å². The first-order valence-corrected chi connectivity index (χ1v) is 14.5. The fourth-order valence-corrected chi connectivity index (χ4v) is 4.42. The number of anilines is 2. The number of Topliss-reactive ketones (excluding diaryl/α,β-unsaturated/α-hetero) is 1. The second-order valence-corrected chi connectivity index (χ2v) is 12.0. The van der Waals surface area contributed by atoms with E-state index in [2.05, 4.69) is 64.3 Å². The molecule has 0 aliphatic carbocycles. The van der Waals surface area contributed by atoms with E-state index >= 15 is 0 Å². The normalized spacial score (nSPS) is 11.5. The van der Waals surface area contributed by atoms with E-state index in [0.717, 1.165) is 18.4 Å². The van der Waals surface area contributed by atoms with Gasteiger partial charge in [-0.05, 0) is 77.8 Å². The lowest BCUT2D eigenvalue weighted by atomic mass is 9.76. The van der Waals surface area contributed by atoms with Crippen molar-refractivity contribution in [1.82, 2.24) is 0 Å². The van der Waals surface area contributed by atoms with Gasteiger partial charge in [-0.3, -0.25) is 14.4 Å². The molecule has 0 atom stereocenters. The number of benzene rings is 3. The zero-order valence-electron chi connectivity index (χ0n) is 25.5. The summed E-state index contributed by atoms with van der Waals surface area (Å²) in [5.41, 5.74) is 3.30. The number of hydrogen-bond acceptors (Lipinski definition) is 5. The number of halogens is 1. The number of ether oxygens (including phenoxy) is 2. The molecule has 2 N–H and O–H groups in total. The summed E-state index contributed by atoms with van der Waals surface area (Å²) in [7, 11) is 1.54. The predicted octanol–water partition coefficient (Wildman–Crippen LogP) is 7.95. The van der Waals surface area contributed by atoms with Crippen molar-refractivity contribution in [3.05, 3.63) is 82.4 Å². The van der Waals surface area contributed by atoms with Crippen molar-refractivity contribution in [2.24, 2.45) is 0 Å². The Morgan fingerprint density at radius 3 is 2.10 bits per heavy atom. The fourth-order valence-electron chi connectivity index (χ4n) is 4.26. The summed E-state index contributed by atoms with van der Waals surface area (Å²) in [6.45, 7) is 12.9. The van der Waals surface area contributed by atoms with Crippen LogP contribution < -0.4 is 20.1 Å². The van der Waals surface area contributed by atoms with Gasteiger partial charge in [0.1, 0.15) is 11.5 Å². The lowest BCUT2D eigenvalue weighted by molar-refractivity contribution is -0.118. The lowest BCUT2D eigenvalue weighted by Gasteiger charge is -2.30. The van der Waals surface area contributed by atoms with Gasteiger partial charge in [0.25, 0.3) is 5.91 Å². The van der Waals surface area contributed by atoms with E-state index in [1.165, 1.54) is 12.7 Å². The Bertz CT molecular complexity index is 1430. The van der Waals surface area contributed by atoms with Crippen molar-refractivity contribution in [2.75, 3.05) is 24.4 Å². The summed E-state index contributed by atoms with van der Waals surface area (Å²) < 4.78 is 11.1. The van der Waals surface area contributed by atoms with Crippen LogP contribution >= 0.6 is 11.6 Å². The van der Waals surface area contributed by atoms with Gasteiger partial charge < -0.3 is 20.1 Å². The minimum atomic E-state index is -0.523. The molecule has 0 aliphatic heterocycles. The van der Waals surface area contributed by atoms with E-state index in [1.54, 1.807) is 42.5 Å². The molecule has 0 unspecified atom stereocenters. The Morgan fingerprint density at radius 2 is 1.48 bits per heavy atom. The Hall–Kier alpha value is -3.84. The molecule has 0 bridgehead atoms. The molecule has 0 heterocycles. The Kier molecular flexibility index (Phi) is 10.8. The molecule has 8 heteroatoms. The lowest BCUT2D eigenvalue weighted by Crippen LogP contribution is -2.24. The number of carbonyl (C=O) groups is 3.